The molecule has 0 bridgehead atoms. The van der Waals surface area contributed by atoms with E-state index < -0.39 is 17.7 Å². The molecule has 0 unspecified atom stereocenters. The van der Waals surface area contributed by atoms with E-state index in [1.165, 1.54) is 21.1 Å². The molecule has 1 aromatic heterocycles. The summed E-state index contributed by atoms with van der Waals surface area (Å²) in [5.74, 6) is -1.61. The molecule has 3 amide bonds. The van der Waals surface area contributed by atoms with E-state index in [1.54, 1.807) is 0 Å². The molecule has 2 aromatic rings. The highest BCUT2D eigenvalue weighted by Crippen LogP contribution is 2.25. The van der Waals surface area contributed by atoms with Gasteiger partial charge in [0, 0.05) is 25.2 Å². The van der Waals surface area contributed by atoms with E-state index in [2.05, 4.69) is 15.5 Å². The molecule has 0 spiro atoms. The number of benzene rings is 1. The number of carbonyl (C=O) groups excluding carboxylic acids is 3. The van der Waals surface area contributed by atoms with Crippen LogP contribution in [-0.2, 0) is 14.4 Å². The average Bonchev–Trinajstić information content (AvgIpc) is 3.08. The van der Waals surface area contributed by atoms with Crippen LogP contribution in [0.25, 0.3) is 10.6 Å². The smallest absolute Gasteiger partial charge is 0.312 e. The molecule has 2 heterocycles. The summed E-state index contributed by atoms with van der Waals surface area (Å²) in [6.45, 7) is 2.90. The molecule has 1 N–H and O–H groups in total. The molecule has 3 rings (SSSR count). The molecule has 0 atom stereocenters. The van der Waals surface area contributed by atoms with Crippen molar-refractivity contribution in [1.29, 1.82) is 0 Å². The van der Waals surface area contributed by atoms with E-state index in [4.69, 9.17) is 0 Å². The van der Waals surface area contributed by atoms with Gasteiger partial charge in [0.25, 0.3) is 0 Å². The first kappa shape index (κ1) is 17.0. The molecule has 0 aliphatic carbocycles. The van der Waals surface area contributed by atoms with Crippen LogP contribution in [0.15, 0.2) is 30.3 Å². The van der Waals surface area contributed by atoms with Crippen molar-refractivity contribution in [2.75, 3.05) is 31.5 Å². The monoisotopic (exact) mass is 359 g/mol. The van der Waals surface area contributed by atoms with Crippen molar-refractivity contribution >= 4 is 34.2 Å². The zero-order valence-electron chi connectivity index (χ0n) is 13.6. The van der Waals surface area contributed by atoms with Gasteiger partial charge in [-0.3, -0.25) is 19.7 Å². The van der Waals surface area contributed by atoms with Gasteiger partial charge in [0.15, 0.2) is 0 Å². The number of anilines is 1. The summed E-state index contributed by atoms with van der Waals surface area (Å²) >= 11 is 1.25. The van der Waals surface area contributed by atoms with Gasteiger partial charge in [-0.1, -0.05) is 41.7 Å². The first-order chi connectivity index (χ1) is 12.1. The highest BCUT2D eigenvalue weighted by Gasteiger charge is 2.32. The molecule has 0 radical (unpaired) electrons. The summed E-state index contributed by atoms with van der Waals surface area (Å²) in [7, 11) is 0. The molecule has 1 aliphatic rings. The average molecular weight is 359 g/mol. The summed E-state index contributed by atoms with van der Waals surface area (Å²) in [6.07, 6.45) is 0. The third-order valence-corrected chi connectivity index (χ3v) is 4.69. The van der Waals surface area contributed by atoms with Crippen LogP contribution in [0.4, 0.5) is 5.13 Å². The van der Waals surface area contributed by atoms with Gasteiger partial charge in [-0.2, -0.15) is 0 Å². The van der Waals surface area contributed by atoms with E-state index in [-0.39, 0.29) is 6.54 Å². The molecule has 25 heavy (non-hydrogen) atoms. The summed E-state index contributed by atoms with van der Waals surface area (Å²) in [6, 6.07) is 9.51. The van der Waals surface area contributed by atoms with Gasteiger partial charge < -0.3 is 9.80 Å². The molecule has 8 nitrogen and oxygen atoms in total. The Hall–Kier alpha value is -2.81. The molecule has 1 aromatic carbocycles. The Morgan fingerprint density at radius 1 is 1.12 bits per heavy atom. The highest BCUT2D eigenvalue weighted by atomic mass is 32.1. The van der Waals surface area contributed by atoms with Gasteiger partial charge in [-0.15, -0.1) is 10.2 Å². The Kier molecular flexibility index (Phi) is 5.03. The minimum Gasteiger partial charge on any atom is -0.333 e. The number of nitrogens with zero attached hydrogens (tertiary/aromatic N) is 4. The minimum absolute atomic E-state index is 0.178. The van der Waals surface area contributed by atoms with Gasteiger partial charge >= 0.3 is 11.8 Å². The summed E-state index contributed by atoms with van der Waals surface area (Å²) in [5.41, 5.74) is 0.914. The number of carbonyl (C=O) groups is 3. The number of hydrogen-bond donors (Lipinski definition) is 1. The van der Waals surface area contributed by atoms with Crippen LogP contribution >= 0.6 is 11.3 Å². The highest BCUT2D eigenvalue weighted by molar-refractivity contribution is 7.18. The van der Waals surface area contributed by atoms with Crippen molar-refractivity contribution in [2.45, 2.75) is 6.92 Å². The van der Waals surface area contributed by atoms with Crippen molar-refractivity contribution < 1.29 is 14.4 Å². The fourth-order valence-corrected chi connectivity index (χ4v) is 3.24. The third-order valence-electron chi connectivity index (χ3n) is 3.81. The van der Waals surface area contributed by atoms with E-state index in [1.807, 2.05) is 37.3 Å². The zero-order chi connectivity index (χ0) is 17.8. The maximum atomic E-state index is 12.1. The number of nitrogens with one attached hydrogen (secondary N) is 1. The van der Waals surface area contributed by atoms with Crippen molar-refractivity contribution in [1.82, 2.24) is 20.0 Å². The zero-order valence-corrected chi connectivity index (χ0v) is 14.5. The van der Waals surface area contributed by atoms with Crippen LogP contribution < -0.4 is 5.32 Å². The second-order valence-electron chi connectivity index (χ2n) is 5.44. The standard InChI is InChI=1S/C16H17N5O3S/c1-2-20-8-9-21(15(24)14(20)23)10-12(22)17-16-19-18-13(25-16)11-6-4-3-5-7-11/h3-7H,2,8-10H2,1H3,(H,17,19,22). The van der Waals surface area contributed by atoms with Crippen molar-refractivity contribution in [3.05, 3.63) is 30.3 Å². The Bertz CT molecular complexity index is 792. The van der Waals surface area contributed by atoms with Crippen molar-refractivity contribution in [2.24, 2.45) is 0 Å². The summed E-state index contributed by atoms with van der Waals surface area (Å²) in [5, 5.41) is 11.7. The molecule has 9 heteroatoms. The normalized spacial score (nSPS) is 14.8. The molecule has 1 aliphatic heterocycles. The van der Waals surface area contributed by atoms with Crippen LogP contribution in [0, 0.1) is 0 Å². The van der Waals surface area contributed by atoms with Crippen molar-refractivity contribution in [3.63, 3.8) is 0 Å². The van der Waals surface area contributed by atoms with Crippen LogP contribution in [-0.4, -0.2) is 63.9 Å². The van der Waals surface area contributed by atoms with E-state index in [9.17, 15) is 14.4 Å². The Morgan fingerprint density at radius 3 is 2.52 bits per heavy atom. The minimum atomic E-state index is -0.648. The molecule has 1 saturated heterocycles. The molecular formula is C16H17N5O3S. The molecule has 130 valence electrons. The van der Waals surface area contributed by atoms with Gasteiger partial charge in [-0.25, -0.2) is 0 Å². The lowest BCUT2D eigenvalue weighted by atomic mass is 10.2. The van der Waals surface area contributed by atoms with Gasteiger partial charge in [0.05, 0.1) is 0 Å². The predicted octanol–water partition coefficient (Wildman–Crippen LogP) is 0.834. The second-order valence-corrected chi connectivity index (χ2v) is 6.42. The number of hydrogen-bond acceptors (Lipinski definition) is 6. The van der Waals surface area contributed by atoms with Crippen LogP contribution in [0.2, 0.25) is 0 Å². The number of rotatable bonds is 5. The third kappa shape index (κ3) is 3.82. The van der Waals surface area contributed by atoms with Gasteiger partial charge in [0.2, 0.25) is 11.0 Å². The molecule has 0 saturated carbocycles. The lowest BCUT2D eigenvalue weighted by Crippen LogP contribution is -2.55. The van der Waals surface area contributed by atoms with Gasteiger partial charge in [0.1, 0.15) is 11.6 Å². The lowest BCUT2D eigenvalue weighted by molar-refractivity contribution is -0.156. The first-order valence-corrected chi connectivity index (χ1v) is 8.67. The van der Waals surface area contributed by atoms with Crippen LogP contribution in [0.1, 0.15) is 6.92 Å². The number of aromatic nitrogens is 2. The Balaban J connectivity index is 1.59. The second kappa shape index (κ2) is 7.39. The fraction of sp³-hybridized carbons (Fsp3) is 0.312. The maximum Gasteiger partial charge on any atom is 0.312 e. The quantitative estimate of drug-likeness (QED) is 0.798. The number of likely N-dealkylation sites (N-methyl/N-ethyl adjacent to an activating group) is 1. The first-order valence-electron chi connectivity index (χ1n) is 7.85. The van der Waals surface area contributed by atoms with Crippen LogP contribution in [0.3, 0.4) is 0 Å². The fourth-order valence-electron chi connectivity index (χ4n) is 2.47. The van der Waals surface area contributed by atoms with E-state index >= 15 is 0 Å². The predicted molar refractivity (Wildman–Crippen MR) is 92.8 cm³/mol. The maximum absolute atomic E-state index is 12.1. The van der Waals surface area contributed by atoms with Crippen LogP contribution in [0.5, 0.6) is 0 Å². The summed E-state index contributed by atoms with van der Waals surface area (Å²) < 4.78 is 0. The van der Waals surface area contributed by atoms with E-state index in [0.29, 0.717) is 29.8 Å². The van der Waals surface area contributed by atoms with E-state index in [0.717, 1.165) is 5.56 Å². The SMILES string of the molecule is CCN1CCN(CC(=O)Nc2nnc(-c3ccccc3)s2)C(=O)C1=O. The molecule has 1 fully saturated rings. The molecular weight excluding hydrogens is 342 g/mol. The van der Waals surface area contributed by atoms with Gasteiger partial charge in [-0.05, 0) is 6.92 Å². The van der Waals surface area contributed by atoms with Crippen molar-refractivity contribution in [3.8, 4) is 10.6 Å². The topological polar surface area (TPSA) is 95.5 Å². The summed E-state index contributed by atoms with van der Waals surface area (Å²) in [4.78, 5) is 38.7. The largest absolute Gasteiger partial charge is 0.333 e. The Labute approximate surface area is 148 Å². The Morgan fingerprint density at radius 2 is 1.80 bits per heavy atom. The lowest BCUT2D eigenvalue weighted by Gasteiger charge is -2.32. The number of piperazine rings is 1. The number of amides is 3.